The van der Waals surface area contributed by atoms with Crippen molar-refractivity contribution in [2.75, 3.05) is 18.5 Å². The Balaban J connectivity index is 1.97. The maximum Gasteiger partial charge on any atom is 0.408 e. The molecular formula is C30H37N3O5. The molecule has 3 aromatic carbocycles. The minimum absolute atomic E-state index is 0.109. The topological polar surface area (TPSA) is 108 Å². The van der Waals surface area contributed by atoms with Gasteiger partial charge in [-0.25, -0.2) is 4.79 Å². The van der Waals surface area contributed by atoms with Gasteiger partial charge in [-0.1, -0.05) is 54.1 Å². The molecule has 2 unspecified atom stereocenters. The van der Waals surface area contributed by atoms with E-state index in [4.69, 9.17) is 4.74 Å². The maximum atomic E-state index is 13.9. The predicted molar refractivity (Wildman–Crippen MR) is 149 cm³/mol. The lowest BCUT2D eigenvalue weighted by Gasteiger charge is -2.34. The number of rotatable bonds is 8. The van der Waals surface area contributed by atoms with Crippen molar-refractivity contribution < 1.29 is 24.2 Å². The van der Waals surface area contributed by atoms with Crippen LogP contribution in [-0.4, -0.2) is 52.7 Å². The Morgan fingerprint density at radius 3 is 2.32 bits per heavy atom. The highest BCUT2D eigenvalue weighted by Crippen LogP contribution is 2.28. The van der Waals surface area contributed by atoms with E-state index in [9.17, 15) is 19.5 Å². The van der Waals surface area contributed by atoms with Gasteiger partial charge >= 0.3 is 6.09 Å². The Hall–Kier alpha value is -3.91. The second-order valence-electron chi connectivity index (χ2n) is 10.4. The van der Waals surface area contributed by atoms with E-state index >= 15 is 0 Å². The molecule has 0 aromatic heterocycles. The molecule has 0 aliphatic carbocycles. The summed E-state index contributed by atoms with van der Waals surface area (Å²) in [5.74, 6) is -0.954. The Kier molecular flexibility index (Phi) is 9.12. The standard InChI is InChI=1S/C30H37N3O5/c1-19-11-12-20(2)25(17-19)26(27(35)32-24-14-13-22-9-7-8-10-23(22)18-24)33(15-16-34)28(36)21(3)31-29(37)38-30(4,5)6/h7-14,17-18,21,26,34H,15-16H2,1-6H3,(H,31,37)(H,32,35). The monoisotopic (exact) mass is 519 g/mol. The van der Waals surface area contributed by atoms with Gasteiger partial charge in [0.05, 0.1) is 6.61 Å². The minimum atomic E-state index is -1.05. The smallest absolute Gasteiger partial charge is 0.408 e. The maximum absolute atomic E-state index is 13.9. The van der Waals surface area contributed by atoms with Crippen LogP contribution in [0.25, 0.3) is 10.8 Å². The summed E-state index contributed by atoms with van der Waals surface area (Å²) in [6.07, 6.45) is -0.744. The summed E-state index contributed by atoms with van der Waals surface area (Å²) < 4.78 is 5.29. The summed E-state index contributed by atoms with van der Waals surface area (Å²) in [7, 11) is 0. The highest BCUT2D eigenvalue weighted by atomic mass is 16.6. The molecule has 0 aliphatic rings. The molecule has 3 amide bonds. The molecule has 0 bridgehead atoms. The van der Waals surface area contributed by atoms with E-state index < -0.39 is 35.6 Å². The molecule has 0 spiro atoms. The lowest BCUT2D eigenvalue weighted by atomic mass is 9.96. The summed E-state index contributed by atoms with van der Waals surface area (Å²) in [6.45, 7) is 10.0. The number of carbonyl (C=O) groups excluding carboxylic acids is 3. The summed E-state index contributed by atoms with van der Waals surface area (Å²) in [4.78, 5) is 41.2. The summed E-state index contributed by atoms with van der Waals surface area (Å²) >= 11 is 0. The lowest BCUT2D eigenvalue weighted by molar-refractivity contribution is -0.141. The van der Waals surface area contributed by atoms with Crippen LogP contribution in [0, 0.1) is 13.8 Å². The molecule has 0 saturated carbocycles. The SMILES string of the molecule is Cc1ccc(C)c(C(C(=O)Nc2ccc3ccccc3c2)N(CCO)C(=O)C(C)NC(=O)OC(C)(C)C)c1. The van der Waals surface area contributed by atoms with Gasteiger partial charge in [-0.15, -0.1) is 0 Å². The second kappa shape index (κ2) is 12.1. The summed E-state index contributed by atoms with van der Waals surface area (Å²) in [5, 5.41) is 17.4. The van der Waals surface area contributed by atoms with Crippen molar-refractivity contribution >= 4 is 34.4 Å². The van der Waals surface area contributed by atoms with Gasteiger partial charge < -0.3 is 25.4 Å². The van der Waals surface area contributed by atoms with Gasteiger partial charge in [-0.3, -0.25) is 9.59 Å². The van der Waals surface area contributed by atoms with Gasteiger partial charge in [-0.2, -0.15) is 0 Å². The molecule has 3 aromatic rings. The number of nitrogens with one attached hydrogen (secondary N) is 2. The van der Waals surface area contributed by atoms with Crippen molar-refractivity contribution in [3.8, 4) is 0 Å². The molecule has 0 radical (unpaired) electrons. The van der Waals surface area contributed by atoms with Gasteiger partial charge in [-0.05, 0) is 75.6 Å². The number of alkyl carbamates (subject to hydrolysis) is 1. The van der Waals surface area contributed by atoms with Crippen LogP contribution in [0.5, 0.6) is 0 Å². The first-order valence-corrected chi connectivity index (χ1v) is 12.7. The number of nitrogens with zero attached hydrogens (tertiary/aromatic N) is 1. The number of hydrogen-bond donors (Lipinski definition) is 3. The second-order valence-corrected chi connectivity index (χ2v) is 10.4. The number of aliphatic hydroxyl groups excluding tert-OH is 1. The van der Waals surface area contributed by atoms with Crippen LogP contribution in [0.2, 0.25) is 0 Å². The van der Waals surface area contributed by atoms with Crippen LogP contribution in [0.3, 0.4) is 0 Å². The number of benzene rings is 3. The van der Waals surface area contributed by atoms with Crippen LogP contribution >= 0.6 is 0 Å². The number of amides is 3. The Morgan fingerprint density at radius 2 is 1.66 bits per heavy atom. The molecule has 0 fully saturated rings. The molecular weight excluding hydrogens is 482 g/mol. The Bertz CT molecular complexity index is 1310. The fraction of sp³-hybridized carbons (Fsp3) is 0.367. The molecule has 38 heavy (non-hydrogen) atoms. The van der Waals surface area contributed by atoms with Gasteiger partial charge in [0.2, 0.25) is 5.91 Å². The zero-order chi connectivity index (χ0) is 28.0. The third kappa shape index (κ3) is 7.32. The van der Waals surface area contributed by atoms with Crippen LogP contribution in [0.15, 0.2) is 60.7 Å². The molecule has 3 N–H and O–H groups in total. The quantitative estimate of drug-likeness (QED) is 0.394. The van der Waals surface area contributed by atoms with E-state index in [1.54, 1.807) is 20.8 Å². The molecule has 2 atom stereocenters. The van der Waals surface area contributed by atoms with Gasteiger partial charge in [0, 0.05) is 12.2 Å². The average Bonchev–Trinajstić information content (AvgIpc) is 2.84. The lowest BCUT2D eigenvalue weighted by Crippen LogP contribution is -2.52. The van der Waals surface area contributed by atoms with Crippen molar-refractivity contribution in [1.82, 2.24) is 10.2 Å². The van der Waals surface area contributed by atoms with Crippen molar-refractivity contribution in [2.24, 2.45) is 0 Å². The fourth-order valence-corrected chi connectivity index (χ4v) is 4.25. The number of anilines is 1. The normalized spacial score (nSPS) is 12.9. The molecule has 3 rings (SSSR count). The summed E-state index contributed by atoms with van der Waals surface area (Å²) in [6, 6.07) is 17.1. The number of hydrogen-bond acceptors (Lipinski definition) is 5. The number of aliphatic hydroxyl groups is 1. The predicted octanol–water partition coefficient (Wildman–Crippen LogP) is 4.87. The molecule has 202 valence electrons. The molecule has 8 nitrogen and oxygen atoms in total. The van der Waals surface area contributed by atoms with Crippen molar-refractivity contribution in [1.29, 1.82) is 0 Å². The third-order valence-corrected chi connectivity index (χ3v) is 6.03. The fourth-order valence-electron chi connectivity index (χ4n) is 4.25. The number of ether oxygens (including phenoxy) is 1. The molecule has 0 heterocycles. The zero-order valence-electron chi connectivity index (χ0n) is 22.9. The van der Waals surface area contributed by atoms with Crippen molar-refractivity contribution in [3.63, 3.8) is 0 Å². The first-order chi connectivity index (χ1) is 17.9. The molecule has 0 aliphatic heterocycles. The molecule has 8 heteroatoms. The highest BCUT2D eigenvalue weighted by molar-refractivity contribution is 6.00. The average molecular weight is 520 g/mol. The van der Waals surface area contributed by atoms with Crippen molar-refractivity contribution in [3.05, 3.63) is 77.4 Å². The summed E-state index contributed by atoms with van der Waals surface area (Å²) in [5.41, 5.74) is 2.22. The number of fused-ring (bicyclic) bond motifs is 1. The van der Waals surface area contributed by atoms with Crippen LogP contribution in [0.4, 0.5) is 10.5 Å². The largest absolute Gasteiger partial charge is 0.444 e. The van der Waals surface area contributed by atoms with E-state index in [2.05, 4.69) is 10.6 Å². The first-order valence-electron chi connectivity index (χ1n) is 12.7. The highest BCUT2D eigenvalue weighted by Gasteiger charge is 2.35. The van der Waals surface area contributed by atoms with Crippen LogP contribution in [-0.2, 0) is 14.3 Å². The number of carbonyl (C=O) groups is 3. The van der Waals surface area contributed by atoms with Crippen LogP contribution in [0.1, 0.15) is 50.4 Å². The first kappa shape index (κ1) is 28.7. The minimum Gasteiger partial charge on any atom is -0.444 e. The third-order valence-electron chi connectivity index (χ3n) is 6.03. The van der Waals surface area contributed by atoms with Crippen molar-refractivity contribution in [2.45, 2.75) is 59.2 Å². The van der Waals surface area contributed by atoms with Crippen LogP contribution < -0.4 is 10.6 Å². The molecule has 0 saturated heterocycles. The van der Waals surface area contributed by atoms with E-state index in [1.165, 1.54) is 11.8 Å². The van der Waals surface area contributed by atoms with E-state index in [0.29, 0.717) is 11.3 Å². The van der Waals surface area contributed by atoms with Gasteiger partial charge in [0.15, 0.2) is 0 Å². The van der Waals surface area contributed by atoms with E-state index in [-0.39, 0.29) is 13.2 Å². The number of aryl methyl sites for hydroxylation is 2. The van der Waals surface area contributed by atoms with E-state index in [1.807, 2.05) is 74.5 Å². The Labute approximate surface area is 224 Å². The van der Waals surface area contributed by atoms with Gasteiger partial charge in [0.25, 0.3) is 5.91 Å². The van der Waals surface area contributed by atoms with E-state index in [0.717, 1.165) is 21.9 Å². The zero-order valence-corrected chi connectivity index (χ0v) is 22.9. The Morgan fingerprint density at radius 1 is 0.974 bits per heavy atom. The van der Waals surface area contributed by atoms with Gasteiger partial charge in [0.1, 0.15) is 17.7 Å².